The Kier molecular flexibility index (Phi) is 6.30. The lowest BCUT2D eigenvalue weighted by Crippen LogP contribution is -2.35. The van der Waals surface area contributed by atoms with Gasteiger partial charge in [-0.15, -0.1) is 0 Å². The Morgan fingerprint density at radius 3 is 3.05 bits per heavy atom. The van der Waals surface area contributed by atoms with Gasteiger partial charge in [-0.25, -0.2) is 0 Å². The van der Waals surface area contributed by atoms with E-state index < -0.39 is 0 Å². The van der Waals surface area contributed by atoms with Crippen LogP contribution in [0.1, 0.15) is 44.9 Å². The summed E-state index contributed by atoms with van der Waals surface area (Å²) in [5.74, 6) is 0.863. The van der Waals surface area contributed by atoms with E-state index in [0.717, 1.165) is 58.4 Å². The third kappa shape index (κ3) is 5.12. The van der Waals surface area contributed by atoms with Gasteiger partial charge < -0.3 is 15.0 Å². The summed E-state index contributed by atoms with van der Waals surface area (Å²) < 4.78 is 5.31. The van der Waals surface area contributed by atoms with Crippen LogP contribution in [-0.2, 0) is 14.3 Å². The minimum atomic E-state index is 0.0564. The molecule has 0 aromatic carbocycles. The molecule has 2 rings (SSSR count). The fourth-order valence-electron chi connectivity index (χ4n) is 2.83. The molecule has 2 fully saturated rings. The molecule has 5 nitrogen and oxygen atoms in total. The molecule has 0 bridgehead atoms. The molecule has 2 heterocycles. The quantitative estimate of drug-likeness (QED) is 0.799. The zero-order chi connectivity index (χ0) is 14.2. The van der Waals surface area contributed by atoms with Gasteiger partial charge >= 0.3 is 0 Å². The van der Waals surface area contributed by atoms with Crippen molar-refractivity contribution >= 4 is 11.8 Å². The number of carbonyl (C=O) groups is 2. The molecule has 5 heteroatoms. The fourth-order valence-corrected chi connectivity index (χ4v) is 2.83. The lowest BCUT2D eigenvalue weighted by molar-refractivity contribution is -0.131. The van der Waals surface area contributed by atoms with Crippen molar-refractivity contribution in [3.05, 3.63) is 0 Å². The summed E-state index contributed by atoms with van der Waals surface area (Å²) in [6, 6.07) is 0. The fraction of sp³-hybridized carbons (Fsp3) is 0.867. The number of likely N-dealkylation sites (tertiary alicyclic amines) is 1. The van der Waals surface area contributed by atoms with Crippen LogP contribution in [0.4, 0.5) is 0 Å². The highest BCUT2D eigenvalue weighted by atomic mass is 16.5. The predicted molar refractivity (Wildman–Crippen MR) is 76.2 cm³/mol. The molecule has 2 aliphatic rings. The molecule has 1 N–H and O–H groups in total. The summed E-state index contributed by atoms with van der Waals surface area (Å²) in [7, 11) is 0. The molecule has 0 aromatic rings. The van der Waals surface area contributed by atoms with Gasteiger partial charge in [-0.2, -0.15) is 0 Å². The lowest BCUT2D eigenvalue weighted by atomic mass is 10.1. The summed E-state index contributed by atoms with van der Waals surface area (Å²) in [5.41, 5.74) is 0. The third-order valence-electron chi connectivity index (χ3n) is 4.18. The summed E-state index contributed by atoms with van der Waals surface area (Å²) in [6.07, 6.45) is 6.35. The maximum atomic E-state index is 11.8. The van der Waals surface area contributed by atoms with E-state index >= 15 is 0 Å². The number of hydrogen-bond acceptors (Lipinski definition) is 3. The highest BCUT2D eigenvalue weighted by molar-refractivity contribution is 5.79. The first-order valence-corrected chi connectivity index (χ1v) is 7.88. The van der Waals surface area contributed by atoms with Crippen LogP contribution >= 0.6 is 0 Å². The second kappa shape index (κ2) is 8.25. The molecule has 2 aliphatic heterocycles. The molecule has 20 heavy (non-hydrogen) atoms. The van der Waals surface area contributed by atoms with Crippen molar-refractivity contribution in [2.45, 2.75) is 44.9 Å². The summed E-state index contributed by atoms with van der Waals surface area (Å²) in [6.45, 7) is 3.79. The largest absolute Gasteiger partial charge is 0.381 e. The van der Waals surface area contributed by atoms with Gasteiger partial charge in [-0.05, 0) is 31.6 Å². The van der Waals surface area contributed by atoms with Gasteiger partial charge in [0.2, 0.25) is 11.8 Å². The number of nitrogens with zero attached hydrogens (tertiary/aromatic N) is 1. The average molecular weight is 282 g/mol. The van der Waals surface area contributed by atoms with Crippen LogP contribution in [0.5, 0.6) is 0 Å². The minimum absolute atomic E-state index is 0.0564. The zero-order valence-electron chi connectivity index (χ0n) is 12.2. The molecular formula is C15H26N2O3. The van der Waals surface area contributed by atoms with Gasteiger partial charge in [0.15, 0.2) is 0 Å². The van der Waals surface area contributed by atoms with Gasteiger partial charge in [0, 0.05) is 45.7 Å². The SMILES string of the molecule is O=C(CCN1CCCCCC1=O)NCC[C@@H]1CCOC1. The third-order valence-corrected chi connectivity index (χ3v) is 4.18. The topological polar surface area (TPSA) is 58.6 Å². The number of hydrogen-bond donors (Lipinski definition) is 1. The van der Waals surface area contributed by atoms with Gasteiger partial charge in [0.25, 0.3) is 0 Å². The van der Waals surface area contributed by atoms with Crippen LogP contribution in [0, 0.1) is 5.92 Å². The van der Waals surface area contributed by atoms with E-state index in [9.17, 15) is 9.59 Å². The van der Waals surface area contributed by atoms with E-state index in [1.165, 1.54) is 0 Å². The molecule has 0 unspecified atom stereocenters. The van der Waals surface area contributed by atoms with Crippen LogP contribution in [0.15, 0.2) is 0 Å². The average Bonchev–Trinajstić information content (AvgIpc) is 2.86. The van der Waals surface area contributed by atoms with E-state index in [-0.39, 0.29) is 11.8 Å². The van der Waals surface area contributed by atoms with Crippen molar-refractivity contribution in [1.29, 1.82) is 0 Å². The van der Waals surface area contributed by atoms with Crippen LogP contribution in [0.25, 0.3) is 0 Å². The van der Waals surface area contributed by atoms with Crippen molar-refractivity contribution in [2.24, 2.45) is 5.92 Å². The summed E-state index contributed by atoms with van der Waals surface area (Å²) in [5, 5.41) is 2.95. The number of amides is 2. The predicted octanol–water partition coefficient (Wildman–Crippen LogP) is 1.32. The van der Waals surface area contributed by atoms with E-state index in [1.807, 2.05) is 4.90 Å². The number of ether oxygens (including phenoxy) is 1. The Labute approximate surface area is 121 Å². The van der Waals surface area contributed by atoms with Crippen LogP contribution in [0.2, 0.25) is 0 Å². The first kappa shape index (κ1) is 15.3. The normalized spacial score (nSPS) is 23.7. The van der Waals surface area contributed by atoms with E-state index in [2.05, 4.69) is 5.32 Å². The molecule has 0 aliphatic carbocycles. The van der Waals surface area contributed by atoms with Gasteiger partial charge in [-0.1, -0.05) is 6.42 Å². The number of carbonyl (C=O) groups excluding carboxylic acids is 2. The number of nitrogens with one attached hydrogen (secondary N) is 1. The minimum Gasteiger partial charge on any atom is -0.381 e. The molecule has 0 saturated carbocycles. The van der Waals surface area contributed by atoms with Crippen molar-refractivity contribution in [2.75, 3.05) is 32.8 Å². The first-order valence-electron chi connectivity index (χ1n) is 7.88. The molecule has 0 spiro atoms. The monoisotopic (exact) mass is 282 g/mol. The molecule has 0 radical (unpaired) electrons. The maximum Gasteiger partial charge on any atom is 0.222 e. The van der Waals surface area contributed by atoms with Crippen molar-refractivity contribution < 1.29 is 14.3 Å². The summed E-state index contributed by atoms with van der Waals surface area (Å²) >= 11 is 0. The Morgan fingerprint density at radius 1 is 1.35 bits per heavy atom. The Morgan fingerprint density at radius 2 is 2.25 bits per heavy atom. The molecular weight excluding hydrogens is 256 g/mol. The maximum absolute atomic E-state index is 11.8. The molecule has 2 saturated heterocycles. The lowest BCUT2D eigenvalue weighted by Gasteiger charge is -2.20. The molecule has 114 valence electrons. The van der Waals surface area contributed by atoms with Gasteiger partial charge in [-0.3, -0.25) is 9.59 Å². The van der Waals surface area contributed by atoms with Crippen molar-refractivity contribution in [3.8, 4) is 0 Å². The molecule has 1 atom stereocenters. The Hall–Kier alpha value is -1.10. The molecule has 0 aromatic heterocycles. The molecule has 2 amide bonds. The number of rotatable bonds is 6. The van der Waals surface area contributed by atoms with Crippen LogP contribution in [0.3, 0.4) is 0 Å². The van der Waals surface area contributed by atoms with Gasteiger partial charge in [0.1, 0.15) is 0 Å². The second-order valence-corrected chi connectivity index (χ2v) is 5.81. The standard InChI is InChI=1S/C15H26N2O3/c18-14(16-8-5-13-7-11-20-12-13)6-10-17-9-3-1-2-4-15(17)19/h13H,1-12H2,(H,16,18)/t13-/m1/s1. The Bertz CT molecular complexity index is 327. The van der Waals surface area contributed by atoms with Crippen molar-refractivity contribution in [1.82, 2.24) is 10.2 Å². The van der Waals surface area contributed by atoms with Crippen LogP contribution < -0.4 is 5.32 Å². The second-order valence-electron chi connectivity index (χ2n) is 5.81. The van der Waals surface area contributed by atoms with E-state index in [1.54, 1.807) is 0 Å². The van der Waals surface area contributed by atoms with Crippen LogP contribution in [-0.4, -0.2) is 49.6 Å². The Balaban J connectivity index is 1.57. The summed E-state index contributed by atoms with van der Waals surface area (Å²) in [4.78, 5) is 25.4. The highest BCUT2D eigenvalue weighted by Gasteiger charge is 2.18. The van der Waals surface area contributed by atoms with Crippen molar-refractivity contribution in [3.63, 3.8) is 0 Å². The van der Waals surface area contributed by atoms with E-state index in [4.69, 9.17) is 4.74 Å². The zero-order valence-corrected chi connectivity index (χ0v) is 12.2. The van der Waals surface area contributed by atoms with Gasteiger partial charge in [0.05, 0.1) is 0 Å². The van der Waals surface area contributed by atoms with E-state index in [0.29, 0.717) is 25.3 Å². The first-order chi connectivity index (χ1) is 9.75. The highest BCUT2D eigenvalue weighted by Crippen LogP contribution is 2.15. The smallest absolute Gasteiger partial charge is 0.222 e.